The highest BCUT2D eigenvalue weighted by Gasteiger charge is 2.33. The molecule has 0 saturated heterocycles. The molecule has 0 amide bonds. The number of hydrogen-bond donors (Lipinski definition) is 0. The SMILES string of the molecule is N#CCC(CCCI)(c1ccccc1)c1ccccc1. The fourth-order valence-electron chi connectivity index (χ4n) is 2.77. The Balaban J connectivity index is 2.54. The van der Waals surface area contributed by atoms with Gasteiger partial charge in [0.1, 0.15) is 0 Å². The normalized spacial score (nSPS) is 11.0. The van der Waals surface area contributed by atoms with E-state index in [1.807, 2.05) is 12.1 Å². The highest BCUT2D eigenvalue weighted by atomic mass is 127. The van der Waals surface area contributed by atoms with Gasteiger partial charge in [-0.05, 0) is 28.4 Å². The number of rotatable bonds is 6. The predicted molar refractivity (Wildman–Crippen MR) is 92.0 cm³/mol. The second-order valence-corrected chi connectivity index (χ2v) is 6.02. The van der Waals surface area contributed by atoms with Gasteiger partial charge in [0.25, 0.3) is 0 Å². The van der Waals surface area contributed by atoms with Crippen LogP contribution in [0.15, 0.2) is 60.7 Å². The first-order valence-corrected chi connectivity index (χ1v) is 8.40. The Morgan fingerprint density at radius 3 is 1.80 bits per heavy atom. The van der Waals surface area contributed by atoms with E-state index in [4.69, 9.17) is 0 Å². The zero-order chi connectivity index (χ0) is 14.3. The molecule has 2 heteroatoms. The summed E-state index contributed by atoms with van der Waals surface area (Å²) in [4.78, 5) is 0. The lowest BCUT2D eigenvalue weighted by atomic mass is 9.69. The maximum Gasteiger partial charge on any atom is 0.0634 e. The molecule has 0 bridgehead atoms. The number of benzene rings is 2. The average molecular weight is 375 g/mol. The van der Waals surface area contributed by atoms with E-state index in [2.05, 4.69) is 77.2 Å². The van der Waals surface area contributed by atoms with Crippen LogP contribution >= 0.6 is 22.6 Å². The van der Waals surface area contributed by atoms with Crippen LogP contribution in [-0.2, 0) is 5.41 Å². The van der Waals surface area contributed by atoms with E-state index in [-0.39, 0.29) is 5.41 Å². The minimum atomic E-state index is -0.178. The number of nitriles is 1. The predicted octanol–water partition coefficient (Wildman–Crippen LogP) is 5.10. The van der Waals surface area contributed by atoms with Crippen molar-refractivity contribution in [1.82, 2.24) is 0 Å². The Bertz CT molecular complexity index is 517. The molecular formula is C18H18IN. The summed E-state index contributed by atoms with van der Waals surface area (Å²) in [6.45, 7) is 0. The molecule has 0 fully saturated rings. The third-order valence-electron chi connectivity index (χ3n) is 3.77. The molecule has 2 aromatic rings. The van der Waals surface area contributed by atoms with Crippen LogP contribution in [0.25, 0.3) is 0 Å². The molecule has 0 spiro atoms. The summed E-state index contributed by atoms with van der Waals surface area (Å²) in [6, 6.07) is 23.3. The van der Waals surface area contributed by atoms with E-state index in [9.17, 15) is 5.26 Å². The smallest absolute Gasteiger partial charge is 0.0634 e. The molecule has 0 aliphatic rings. The second-order valence-electron chi connectivity index (χ2n) is 4.94. The minimum absolute atomic E-state index is 0.178. The largest absolute Gasteiger partial charge is 0.198 e. The molecule has 102 valence electrons. The van der Waals surface area contributed by atoms with Crippen molar-refractivity contribution < 1.29 is 0 Å². The van der Waals surface area contributed by atoms with Gasteiger partial charge >= 0.3 is 0 Å². The van der Waals surface area contributed by atoms with Gasteiger partial charge in [0.05, 0.1) is 6.07 Å². The molecule has 0 saturated carbocycles. The van der Waals surface area contributed by atoms with Gasteiger partial charge in [0, 0.05) is 11.8 Å². The zero-order valence-corrected chi connectivity index (χ0v) is 13.6. The van der Waals surface area contributed by atoms with Crippen LogP contribution in [0.3, 0.4) is 0 Å². The second kappa shape index (κ2) is 7.44. The Hall–Kier alpha value is -1.34. The van der Waals surface area contributed by atoms with Crippen LogP contribution in [0.1, 0.15) is 30.4 Å². The maximum absolute atomic E-state index is 9.37. The lowest BCUT2D eigenvalue weighted by molar-refractivity contribution is 0.478. The van der Waals surface area contributed by atoms with Gasteiger partial charge in [-0.2, -0.15) is 5.26 Å². The highest BCUT2D eigenvalue weighted by Crippen LogP contribution is 2.39. The van der Waals surface area contributed by atoms with Gasteiger partial charge in [0.2, 0.25) is 0 Å². The summed E-state index contributed by atoms with van der Waals surface area (Å²) in [7, 11) is 0. The summed E-state index contributed by atoms with van der Waals surface area (Å²) in [5, 5.41) is 9.37. The Labute approximate surface area is 134 Å². The molecule has 1 nitrogen and oxygen atoms in total. The van der Waals surface area contributed by atoms with Gasteiger partial charge in [-0.1, -0.05) is 83.3 Å². The van der Waals surface area contributed by atoms with Crippen molar-refractivity contribution in [2.75, 3.05) is 4.43 Å². The van der Waals surface area contributed by atoms with Crippen molar-refractivity contribution in [3.8, 4) is 6.07 Å². The average Bonchev–Trinajstić information content (AvgIpc) is 2.53. The van der Waals surface area contributed by atoms with Crippen LogP contribution in [-0.4, -0.2) is 4.43 Å². The molecule has 2 rings (SSSR count). The van der Waals surface area contributed by atoms with E-state index in [1.54, 1.807) is 0 Å². The molecule has 20 heavy (non-hydrogen) atoms. The first-order valence-electron chi connectivity index (χ1n) is 6.87. The molecule has 0 atom stereocenters. The standard InChI is InChI=1S/C18H18IN/c19-14-7-12-18(13-15-20,16-8-3-1-4-9-16)17-10-5-2-6-11-17/h1-6,8-11H,7,12-14H2. The first-order chi connectivity index (χ1) is 9.83. The highest BCUT2D eigenvalue weighted by molar-refractivity contribution is 14.1. The van der Waals surface area contributed by atoms with Crippen molar-refractivity contribution in [1.29, 1.82) is 5.26 Å². The zero-order valence-electron chi connectivity index (χ0n) is 11.4. The van der Waals surface area contributed by atoms with E-state index in [0.29, 0.717) is 6.42 Å². The Morgan fingerprint density at radius 1 is 0.900 bits per heavy atom. The summed E-state index contributed by atoms with van der Waals surface area (Å²) in [5.41, 5.74) is 2.32. The molecule has 0 heterocycles. The molecule has 0 aromatic heterocycles. The monoisotopic (exact) mass is 375 g/mol. The molecule has 2 aromatic carbocycles. The minimum Gasteiger partial charge on any atom is -0.198 e. The molecule has 0 unspecified atom stereocenters. The van der Waals surface area contributed by atoms with Gasteiger partial charge < -0.3 is 0 Å². The fraction of sp³-hybridized carbons (Fsp3) is 0.278. The van der Waals surface area contributed by atoms with Gasteiger partial charge in [-0.25, -0.2) is 0 Å². The van der Waals surface area contributed by atoms with Crippen LogP contribution in [0, 0.1) is 11.3 Å². The Kier molecular flexibility index (Phi) is 5.60. The maximum atomic E-state index is 9.37. The quantitative estimate of drug-likeness (QED) is 0.509. The summed E-state index contributed by atoms with van der Waals surface area (Å²) in [5.74, 6) is 0. The molecule has 0 radical (unpaired) electrons. The molecule has 0 aliphatic carbocycles. The lowest BCUT2D eigenvalue weighted by Crippen LogP contribution is -2.27. The van der Waals surface area contributed by atoms with Crippen molar-refractivity contribution in [3.05, 3.63) is 71.8 Å². The molecular weight excluding hydrogens is 357 g/mol. The number of alkyl halides is 1. The number of halogens is 1. The van der Waals surface area contributed by atoms with Crippen molar-refractivity contribution >= 4 is 22.6 Å². The molecule has 0 N–H and O–H groups in total. The van der Waals surface area contributed by atoms with Crippen molar-refractivity contribution in [2.45, 2.75) is 24.7 Å². The van der Waals surface area contributed by atoms with Crippen LogP contribution in [0.2, 0.25) is 0 Å². The number of nitrogens with zero attached hydrogens (tertiary/aromatic N) is 1. The molecule has 0 aliphatic heterocycles. The summed E-state index contributed by atoms with van der Waals surface area (Å²) in [6.07, 6.45) is 2.65. The van der Waals surface area contributed by atoms with E-state index in [1.165, 1.54) is 11.1 Å². The van der Waals surface area contributed by atoms with Crippen LogP contribution in [0.4, 0.5) is 0 Å². The Morgan fingerprint density at radius 2 is 1.40 bits per heavy atom. The van der Waals surface area contributed by atoms with Crippen molar-refractivity contribution in [3.63, 3.8) is 0 Å². The topological polar surface area (TPSA) is 23.8 Å². The van der Waals surface area contributed by atoms with Crippen LogP contribution in [0.5, 0.6) is 0 Å². The van der Waals surface area contributed by atoms with E-state index >= 15 is 0 Å². The van der Waals surface area contributed by atoms with Gasteiger partial charge in [-0.3, -0.25) is 0 Å². The van der Waals surface area contributed by atoms with Crippen LogP contribution < -0.4 is 0 Å². The van der Waals surface area contributed by atoms with E-state index in [0.717, 1.165) is 17.3 Å². The van der Waals surface area contributed by atoms with E-state index < -0.39 is 0 Å². The summed E-state index contributed by atoms with van der Waals surface area (Å²) >= 11 is 2.41. The van der Waals surface area contributed by atoms with Gasteiger partial charge in [-0.15, -0.1) is 0 Å². The fourth-order valence-corrected chi connectivity index (χ4v) is 3.15. The lowest BCUT2D eigenvalue weighted by Gasteiger charge is -2.33. The van der Waals surface area contributed by atoms with Crippen molar-refractivity contribution in [2.24, 2.45) is 0 Å². The number of hydrogen-bond acceptors (Lipinski definition) is 1. The third-order valence-corrected chi connectivity index (χ3v) is 4.53. The summed E-state index contributed by atoms with van der Waals surface area (Å²) < 4.78 is 1.12. The van der Waals surface area contributed by atoms with Gasteiger partial charge in [0.15, 0.2) is 0 Å². The first kappa shape index (κ1) is 15.1. The third kappa shape index (κ3) is 3.21.